The van der Waals surface area contributed by atoms with Crippen LogP contribution in [-0.4, -0.2) is 50.7 Å². The number of methoxy groups -OCH3 is 1. The molecule has 0 saturated heterocycles. The maximum atomic E-state index is 12.7. The maximum Gasteiger partial charge on any atom is 0.573 e. The zero-order valence-corrected chi connectivity index (χ0v) is 17.8. The number of aryl methyl sites for hydroxylation is 2. The molecule has 0 aliphatic carbocycles. The molecule has 184 valence electrons. The van der Waals surface area contributed by atoms with E-state index >= 15 is 0 Å². The second-order valence-electron chi connectivity index (χ2n) is 7.11. The Hall–Kier alpha value is -2.53. The van der Waals surface area contributed by atoms with Gasteiger partial charge in [0.05, 0.1) is 6.10 Å². The van der Waals surface area contributed by atoms with Crippen molar-refractivity contribution in [3.63, 3.8) is 0 Å². The van der Waals surface area contributed by atoms with Crippen molar-refractivity contribution in [2.45, 2.75) is 38.0 Å². The van der Waals surface area contributed by atoms with Crippen molar-refractivity contribution in [1.82, 2.24) is 4.90 Å². The van der Waals surface area contributed by atoms with Gasteiger partial charge in [-0.2, -0.15) is 18.1 Å². The summed E-state index contributed by atoms with van der Waals surface area (Å²) < 4.78 is 103. The van der Waals surface area contributed by atoms with Crippen molar-refractivity contribution in [2.24, 2.45) is 0 Å². The van der Waals surface area contributed by atoms with E-state index in [1.165, 1.54) is 25.3 Å². The third-order valence-electron chi connectivity index (χ3n) is 4.77. The van der Waals surface area contributed by atoms with Gasteiger partial charge in [-0.3, -0.25) is 0 Å². The van der Waals surface area contributed by atoms with E-state index in [0.29, 0.717) is 24.2 Å². The van der Waals surface area contributed by atoms with Crippen molar-refractivity contribution in [1.29, 1.82) is 0 Å². The fourth-order valence-corrected chi connectivity index (χ4v) is 3.03. The van der Waals surface area contributed by atoms with Gasteiger partial charge in [0, 0.05) is 13.7 Å². The van der Waals surface area contributed by atoms with E-state index in [1.54, 1.807) is 30.3 Å². The molecule has 0 heterocycles. The SMILES string of the molecule is CO[C@H](CCN(CF)C(F)(F)F)COc1ccccc1CCc1cccc(OC(F)(F)F)c1. The predicted octanol–water partition coefficient (Wildman–Crippen LogP) is 5.90. The number of rotatable bonds is 12. The largest absolute Gasteiger partial charge is 0.573 e. The first-order valence-electron chi connectivity index (χ1n) is 9.97. The van der Waals surface area contributed by atoms with Crippen LogP contribution in [0.25, 0.3) is 0 Å². The Morgan fingerprint density at radius 2 is 1.67 bits per heavy atom. The first-order valence-corrected chi connectivity index (χ1v) is 9.97. The van der Waals surface area contributed by atoms with Gasteiger partial charge in [0.1, 0.15) is 24.9 Å². The number of benzene rings is 2. The molecule has 33 heavy (non-hydrogen) atoms. The van der Waals surface area contributed by atoms with Crippen molar-refractivity contribution < 1.29 is 44.9 Å². The van der Waals surface area contributed by atoms with Crippen LogP contribution in [0.5, 0.6) is 11.5 Å². The first kappa shape index (κ1) is 26.7. The normalized spacial score (nSPS) is 13.2. The van der Waals surface area contributed by atoms with Gasteiger partial charge in [-0.1, -0.05) is 30.3 Å². The average Bonchev–Trinajstić information content (AvgIpc) is 2.73. The highest BCUT2D eigenvalue weighted by molar-refractivity contribution is 5.35. The fraction of sp³-hybridized carbons (Fsp3) is 0.455. The molecule has 0 saturated carbocycles. The number of nitrogens with zero attached hydrogens (tertiary/aromatic N) is 1. The monoisotopic (exact) mass is 483 g/mol. The first-order chi connectivity index (χ1) is 15.5. The highest BCUT2D eigenvalue weighted by Crippen LogP contribution is 2.26. The zero-order chi connectivity index (χ0) is 24.5. The van der Waals surface area contributed by atoms with Gasteiger partial charge < -0.3 is 14.2 Å². The number of para-hydroxylation sites is 1. The molecular weight excluding hydrogens is 459 g/mol. The number of ether oxygens (including phenoxy) is 3. The van der Waals surface area contributed by atoms with Crippen molar-refractivity contribution >= 4 is 0 Å². The lowest BCUT2D eigenvalue weighted by Gasteiger charge is -2.24. The highest BCUT2D eigenvalue weighted by atomic mass is 19.4. The van der Waals surface area contributed by atoms with Gasteiger partial charge >= 0.3 is 12.7 Å². The van der Waals surface area contributed by atoms with Gasteiger partial charge in [0.2, 0.25) is 0 Å². The number of hydrogen-bond acceptors (Lipinski definition) is 4. The van der Waals surface area contributed by atoms with Crippen LogP contribution in [0, 0.1) is 0 Å². The molecule has 11 heteroatoms. The minimum Gasteiger partial charge on any atom is -0.491 e. The Balaban J connectivity index is 1.95. The number of halogens is 7. The van der Waals surface area contributed by atoms with Crippen LogP contribution in [0.4, 0.5) is 30.7 Å². The Morgan fingerprint density at radius 1 is 0.939 bits per heavy atom. The second kappa shape index (κ2) is 12.1. The van der Waals surface area contributed by atoms with E-state index in [9.17, 15) is 30.7 Å². The Morgan fingerprint density at radius 3 is 2.30 bits per heavy atom. The van der Waals surface area contributed by atoms with Gasteiger partial charge in [-0.15, -0.1) is 13.2 Å². The summed E-state index contributed by atoms with van der Waals surface area (Å²) in [6.07, 6.45) is -9.52. The molecule has 1 atom stereocenters. The smallest absolute Gasteiger partial charge is 0.491 e. The van der Waals surface area contributed by atoms with E-state index < -0.39 is 32.1 Å². The molecule has 0 radical (unpaired) electrons. The molecule has 0 aromatic heterocycles. The van der Waals surface area contributed by atoms with Crippen LogP contribution in [-0.2, 0) is 17.6 Å². The summed E-state index contributed by atoms with van der Waals surface area (Å²) in [4.78, 5) is -0.260. The van der Waals surface area contributed by atoms with Crippen LogP contribution in [0.3, 0.4) is 0 Å². The van der Waals surface area contributed by atoms with E-state index in [2.05, 4.69) is 4.74 Å². The Kier molecular flexibility index (Phi) is 9.78. The number of alkyl halides is 7. The van der Waals surface area contributed by atoms with Crippen LogP contribution < -0.4 is 9.47 Å². The van der Waals surface area contributed by atoms with Crippen molar-refractivity contribution in [3.05, 3.63) is 59.7 Å². The van der Waals surface area contributed by atoms with Gasteiger partial charge in [0.25, 0.3) is 0 Å². The summed E-state index contributed by atoms with van der Waals surface area (Å²) in [5, 5.41) is 0. The molecular formula is C22H24F7NO3. The van der Waals surface area contributed by atoms with Crippen LogP contribution in [0.1, 0.15) is 17.5 Å². The lowest BCUT2D eigenvalue weighted by molar-refractivity contribution is -0.274. The topological polar surface area (TPSA) is 30.9 Å². The summed E-state index contributed by atoms with van der Waals surface area (Å²) in [5.74, 6) is 0.161. The Bertz CT molecular complexity index is 858. The molecule has 0 unspecified atom stereocenters. The second-order valence-corrected chi connectivity index (χ2v) is 7.11. The minimum absolute atomic E-state index is 0.0552. The van der Waals surface area contributed by atoms with Gasteiger partial charge in [-0.05, 0) is 48.6 Å². The lowest BCUT2D eigenvalue weighted by Crippen LogP contribution is -2.40. The van der Waals surface area contributed by atoms with Gasteiger partial charge in [-0.25, -0.2) is 4.39 Å². The van der Waals surface area contributed by atoms with Crippen LogP contribution in [0.2, 0.25) is 0 Å². The molecule has 0 spiro atoms. The van der Waals surface area contributed by atoms with Crippen LogP contribution in [0.15, 0.2) is 48.5 Å². The average molecular weight is 483 g/mol. The minimum atomic E-state index is -4.78. The highest BCUT2D eigenvalue weighted by Gasteiger charge is 2.37. The predicted molar refractivity (Wildman–Crippen MR) is 107 cm³/mol. The maximum absolute atomic E-state index is 12.7. The van der Waals surface area contributed by atoms with E-state index in [4.69, 9.17) is 9.47 Å². The van der Waals surface area contributed by atoms with Crippen molar-refractivity contribution in [3.8, 4) is 11.5 Å². The third kappa shape index (κ3) is 9.47. The molecule has 0 amide bonds. The molecule has 2 aromatic carbocycles. The van der Waals surface area contributed by atoms with E-state index in [1.807, 2.05) is 0 Å². The molecule has 0 fully saturated rings. The van der Waals surface area contributed by atoms with Crippen LogP contribution >= 0.6 is 0 Å². The summed E-state index contributed by atoms with van der Waals surface area (Å²) in [6, 6.07) is 12.6. The zero-order valence-electron chi connectivity index (χ0n) is 17.8. The van der Waals surface area contributed by atoms with Gasteiger partial charge in [0.15, 0.2) is 0 Å². The molecule has 2 rings (SSSR count). The molecule has 0 N–H and O–H groups in total. The molecule has 2 aromatic rings. The van der Waals surface area contributed by atoms with E-state index in [-0.39, 0.29) is 23.7 Å². The summed E-state index contributed by atoms with van der Waals surface area (Å²) in [5.41, 5.74) is 1.38. The Labute approximate surface area is 186 Å². The molecule has 4 nitrogen and oxygen atoms in total. The molecule has 0 bridgehead atoms. The van der Waals surface area contributed by atoms with E-state index in [0.717, 1.165) is 5.56 Å². The lowest BCUT2D eigenvalue weighted by atomic mass is 10.0. The molecule has 0 aliphatic rings. The number of hydrogen-bond donors (Lipinski definition) is 0. The quantitative estimate of drug-likeness (QED) is 0.278. The summed E-state index contributed by atoms with van der Waals surface area (Å²) in [7, 11) is 1.32. The van der Waals surface area contributed by atoms with Crippen molar-refractivity contribution in [2.75, 3.05) is 27.1 Å². The summed E-state index contributed by atoms with van der Waals surface area (Å²) in [6.45, 7) is -2.29. The molecule has 0 aliphatic heterocycles. The summed E-state index contributed by atoms with van der Waals surface area (Å²) >= 11 is 0. The standard InChI is InChI=1S/C22H24F7NO3/c1-31-19(11-12-30(15-23)21(24,25)26)14-32-20-8-3-2-6-17(20)10-9-16-5-4-7-18(13-16)33-22(27,28)29/h2-8,13,19H,9-12,14-15H2,1H3/t19-/m1/s1. The fourth-order valence-electron chi connectivity index (χ4n) is 3.03. The third-order valence-corrected chi connectivity index (χ3v) is 4.77.